The van der Waals surface area contributed by atoms with Crippen LogP contribution in [0.1, 0.15) is 66.2 Å². The predicted molar refractivity (Wildman–Crippen MR) is 68.5 cm³/mol. The van der Waals surface area contributed by atoms with Gasteiger partial charge >= 0.3 is 0 Å². The highest BCUT2D eigenvalue weighted by molar-refractivity contribution is 4.75. The first-order valence-electron chi connectivity index (χ1n) is 6.65. The molecule has 0 amide bonds. The minimum atomic E-state index is 0.511. The number of unbranched alkanes of at least 4 members (excludes halogenated alkanes) is 1. The predicted octanol–water partition coefficient (Wildman–Crippen LogP) is 3.47. The molecule has 3 atom stereocenters. The van der Waals surface area contributed by atoms with E-state index in [2.05, 4.69) is 33.1 Å². The smallest absolute Gasteiger partial charge is 0.0241 e. The van der Waals surface area contributed by atoms with Crippen molar-refractivity contribution in [1.29, 1.82) is 0 Å². The van der Waals surface area contributed by atoms with E-state index in [0.717, 1.165) is 11.8 Å². The van der Waals surface area contributed by atoms with Gasteiger partial charge in [0.2, 0.25) is 0 Å². The quantitative estimate of drug-likeness (QED) is 0.455. The summed E-state index contributed by atoms with van der Waals surface area (Å²) < 4.78 is 0. The molecule has 0 aliphatic rings. The SMILES string of the molecule is CCCCC(CC)C(CC(C)CC)NN. The van der Waals surface area contributed by atoms with Crippen LogP contribution in [0, 0.1) is 11.8 Å². The second kappa shape index (κ2) is 9.17. The number of hydrogen-bond acceptors (Lipinski definition) is 2. The molecule has 92 valence electrons. The van der Waals surface area contributed by atoms with Gasteiger partial charge in [0.05, 0.1) is 0 Å². The molecule has 0 aromatic heterocycles. The molecule has 0 bridgehead atoms. The molecule has 0 heterocycles. The summed E-state index contributed by atoms with van der Waals surface area (Å²) in [6.45, 7) is 9.11. The Morgan fingerprint density at radius 1 is 1.13 bits per heavy atom. The van der Waals surface area contributed by atoms with Gasteiger partial charge in [-0.3, -0.25) is 11.3 Å². The molecule has 0 aliphatic carbocycles. The van der Waals surface area contributed by atoms with Gasteiger partial charge in [-0.15, -0.1) is 0 Å². The summed E-state index contributed by atoms with van der Waals surface area (Å²) in [4.78, 5) is 0. The van der Waals surface area contributed by atoms with E-state index in [1.165, 1.54) is 38.5 Å². The van der Waals surface area contributed by atoms with Crippen LogP contribution in [0.4, 0.5) is 0 Å². The summed E-state index contributed by atoms with van der Waals surface area (Å²) in [5, 5.41) is 0. The number of nitrogens with two attached hydrogens (primary N) is 1. The zero-order valence-electron chi connectivity index (χ0n) is 11.1. The molecule has 0 rings (SSSR count). The van der Waals surface area contributed by atoms with E-state index in [9.17, 15) is 0 Å². The van der Waals surface area contributed by atoms with Gasteiger partial charge in [0.1, 0.15) is 0 Å². The molecule has 3 unspecified atom stereocenters. The minimum Gasteiger partial charge on any atom is -0.271 e. The lowest BCUT2D eigenvalue weighted by atomic mass is 9.86. The number of hydrazine groups is 1. The van der Waals surface area contributed by atoms with Crippen LogP contribution in [0.25, 0.3) is 0 Å². The first kappa shape index (κ1) is 14.9. The summed E-state index contributed by atoms with van der Waals surface area (Å²) in [5.41, 5.74) is 3.03. The van der Waals surface area contributed by atoms with Crippen molar-refractivity contribution in [1.82, 2.24) is 5.43 Å². The van der Waals surface area contributed by atoms with Gasteiger partial charge in [-0.05, 0) is 24.7 Å². The second-order valence-corrected chi connectivity index (χ2v) is 4.83. The lowest BCUT2D eigenvalue weighted by Crippen LogP contribution is -2.41. The molecular formula is C13H30N2. The molecule has 2 nitrogen and oxygen atoms in total. The Balaban J connectivity index is 4.07. The van der Waals surface area contributed by atoms with Crippen LogP contribution in [0.5, 0.6) is 0 Å². The van der Waals surface area contributed by atoms with E-state index in [4.69, 9.17) is 5.84 Å². The third-order valence-electron chi connectivity index (χ3n) is 3.59. The molecule has 0 aliphatic heterocycles. The Labute approximate surface area is 96.0 Å². The van der Waals surface area contributed by atoms with Crippen LogP contribution in [-0.2, 0) is 0 Å². The molecule has 0 aromatic rings. The highest BCUT2D eigenvalue weighted by Gasteiger charge is 2.19. The Kier molecular flexibility index (Phi) is 9.12. The Bertz CT molecular complexity index is 136. The third kappa shape index (κ3) is 6.16. The maximum atomic E-state index is 5.67. The Morgan fingerprint density at radius 2 is 1.80 bits per heavy atom. The molecule has 15 heavy (non-hydrogen) atoms. The Morgan fingerprint density at radius 3 is 2.20 bits per heavy atom. The zero-order valence-corrected chi connectivity index (χ0v) is 11.1. The first-order chi connectivity index (χ1) is 7.19. The van der Waals surface area contributed by atoms with Crippen molar-refractivity contribution in [2.24, 2.45) is 17.7 Å². The van der Waals surface area contributed by atoms with Gasteiger partial charge in [-0.1, -0.05) is 53.4 Å². The zero-order chi connectivity index (χ0) is 11.7. The van der Waals surface area contributed by atoms with Crippen molar-refractivity contribution < 1.29 is 0 Å². The van der Waals surface area contributed by atoms with E-state index in [0.29, 0.717) is 6.04 Å². The monoisotopic (exact) mass is 214 g/mol. The standard InChI is InChI=1S/C13H30N2/c1-5-8-9-12(7-3)13(15-14)10-11(4)6-2/h11-13,15H,5-10,14H2,1-4H3. The van der Waals surface area contributed by atoms with Crippen molar-refractivity contribution in [3.63, 3.8) is 0 Å². The molecule has 0 spiro atoms. The van der Waals surface area contributed by atoms with E-state index in [1.807, 2.05) is 0 Å². The average molecular weight is 214 g/mol. The highest BCUT2D eigenvalue weighted by Crippen LogP contribution is 2.22. The average Bonchev–Trinajstić information content (AvgIpc) is 2.27. The van der Waals surface area contributed by atoms with E-state index in [1.54, 1.807) is 0 Å². The van der Waals surface area contributed by atoms with E-state index in [-0.39, 0.29) is 0 Å². The number of hydrogen-bond donors (Lipinski definition) is 2. The van der Waals surface area contributed by atoms with E-state index < -0.39 is 0 Å². The van der Waals surface area contributed by atoms with Crippen LogP contribution in [0.15, 0.2) is 0 Å². The molecule has 0 saturated carbocycles. The van der Waals surface area contributed by atoms with Crippen molar-refractivity contribution in [2.75, 3.05) is 0 Å². The molecule has 0 aromatic carbocycles. The summed E-state index contributed by atoms with van der Waals surface area (Å²) in [6.07, 6.45) is 7.65. The van der Waals surface area contributed by atoms with Gasteiger partial charge in [0, 0.05) is 6.04 Å². The molecular weight excluding hydrogens is 184 g/mol. The lowest BCUT2D eigenvalue weighted by Gasteiger charge is -2.27. The fraction of sp³-hybridized carbons (Fsp3) is 1.00. The molecule has 3 N–H and O–H groups in total. The largest absolute Gasteiger partial charge is 0.271 e. The number of rotatable bonds is 9. The first-order valence-corrected chi connectivity index (χ1v) is 6.65. The van der Waals surface area contributed by atoms with Gasteiger partial charge < -0.3 is 0 Å². The van der Waals surface area contributed by atoms with Crippen molar-refractivity contribution in [3.05, 3.63) is 0 Å². The molecule has 0 radical (unpaired) electrons. The summed E-state index contributed by atoms with van der Waals surface area (Å²) in [5.74, 6) is 7.21. The second-order valence-electron chi connectivity index (χ2n) is 4.83. The maximum absolute atomic E-state index is 5.67. The summed E-state index contributed by atoms with van der Waals surface area (Å²) >= 11 is 0. The van der Waals surface area contributed by atoms with Crippen molar-refractivity contribution in [3.8, 4) is 0 Å². The van der Waals surface area contributed by atoms with Crippen LogP contribution in [0.2, 0.25) is 0 Å². The summed E-state index contributed by atoms with van der Waals surface area (Å²) in [7, 11) is 0. The van der Waals surface area contributed by atoms with Crippen molar-refractivity contribution >= 4 is 0 Å². The van der Waals surface area contributed by atoms with Gasteiger partial charge in [-0.2, -0.15) is 0 Å². The van der Waals surface area contributed by atoms with E-state index >= 15 is 0 Å². The molecule has 2 heteroatoms. The topological polar surface area (TPSA) is 38.0 Å². The fourth-order valence-electron chi connectivity index (χ4n) is 2.15. The van der Waals surface area contributed by atoms with Crippen LogP contribution in [-0.4, -0.2) is 6.04 Å². The normalized spacial score (nSPS) is 17.4. The van der Waals surface area contributed by atoms with Crippen LogP contribution < -0.4 is 11.3 Å². The highest BCUT2D eigenvalue weighted by atomic mass is 15.2. The minimum absolute atomic E-state index is 0.511. The molecule has 0 fully saturated rings. The maximum Gasteiger partial charge on any atom is 0.0241 e. The van der Waals surface area contributed by atoms with Gasteiger partial charge in [0.25, 0.3) is 0 Å². The van der Waals surface area contributed by atoms with Gasteiger partial charge in [-0.25, -0.2) is 0 Å². The molecule has 0 saturated heterocycles. The summed E-state index contributed by atoms with van der Waals surface area (Å²) in [6, 6.07) is 0.511. The van der Waals surface area contributed by atoms with Gasteiger partial charge in [0.15, 0.2) is 0 Å². The Hall–Kier alpha value is -0.0800. The van der Waals surface area contributed by atoms with Crippen LogP contribution in [0.3, 0.4) is 0 Å². The van der Waals surface area contributed by atoms with Crippen molar-refractivity contribution in [2.45, 2.75) is 72.3 Å². The fourth-order valence-corrected chi connectivity index (χ4v) is 2.15. The van der Waals surface area contributed by atoms with Crippen LogP contribution >= 0.6 is 0 Å². The number of nitrogens with one attached hydrogen (secondary N) is 1. The third-order valence-corrected chi connectivity index (χ3v) is 3.59. The lowest BCUT2D eigenvalue weighted by molar-refractivity contribution is 0.273.